The van der Waals surface area contributed by atoms with Crippen molar-refractivity contribution in [2.75, 3.05) is 19.6 Å². The highest BCUT2D eigenvalue weighted by Gasteiger charge is 2.33. The molecule has 208 valence electrons. The van der Waals surface area contributed by atoms with E-state index in [-0.39, 0.29) is 43.7 Å². The number of para-hydroxylation sites is 1. The first-order valence-electron chi connectivity index (χ1n) is 14.2. The molecule has 2 aliphatic carbocycles. The normalized spacial score (nSPS) is 26.1. The maximum atomic E-state index is 13.9. The summed E-state index contributed by atoms with van der Waals surface area (Å²) in [5.74, 6) is 1.14. The first-order chi connectivity index (χ1) is 18.3. The Balaban J connectivity index is 1.20. The second kappa shape index (κ2) is 13.4. The van der Waals surface area contributed by atoms with Gasteiger partial charge < -0.3 is 20.1 Å². The molecule has 8 heteroatoms. The van der Waals surface area contributed by atoms with Gasteiger partial charge in [-0.05, 0) is 82.3 Å². The van der Waals surface area contributed by atoms with Gasteiger partial charge in [0, 0.05) is 24.2 Å². The van der Waals surface area contributed by atoms with Crippen LogP contribution in [0.15, 0.2) is 35.5 Å². The SMILES string of the molecule is Cc1ccccc1OC1CCCC(CCC(=O)CNC2=C(C(=N)C(=O)N3CC[C@H](O)[C@H](F)C3)CCC2)CC1. The highest BCUT2D eigenvalue weighted by molar-refractivity contribution is 6.44. The van der Waals surface area contributed by atoms with Crippen LogP contribution in [0.1, 0.15) is 76.2 Å². The largest absolute Gasteiger partial charge is 0.490 e. The zero-order chi connectivity index (χ0) is 27.1. The molecule has 3 N–H and O–H groups in total. The molecule has 3 aliphatic rings. The van der Waals surface area contributed by atoms with Crippen LogP contribution in [0.3, 0.4) is 0 Å². The lowest BCUT2D eigenvalue weighted by Crippen LogP contribution is -2.49. The van der Waals surface area contributed by atoms with Crippen LogP contribution in [-0.2, 0) is 9.59 Å². The smallest absolute Gasteiger partial charge is 0.272 e. The molecule has 2 unspecified atom stereocenters. The Hall–Kier alpha value is -2.74. The third-order valence-electron chi connectivity index (χ3n) is 8.28. The van der Waals surface area contributed by atoms with E-state index in [9.17, 15) is 19.1 Å². The molecule has 1 saturated heterocycles. The molecule has 0 radical (unpaired) electrons. The summed E-state index contributed by atoms with van der Waals surface area (Å²) in [7, 11) is 0. The summed E-state index contributed by atoms with van der Waals surface area (Å²) in [6.45, 7) is 2.34. The van der Waals surface area contributed by atoms with Crippen molar-refractivity contribution < 1.29 is 23.8 Å². The number of nitrogens with one attached hydrogen (secondary N) is 2. The van der Waals surface area contributed by atoms with E-state index in [0.717, 1.165) is 62.0 Å². The molecule has 1 aromatic carbocycles. The van der Waals surface area contributed by atoms with Gasteiger partial charge in [-0.1, -0.05) is 24.6 Å². The predicted octanol–water partition coefficient (Wildman–Crippen LogP) is 4.65. The lowest BCUT2D eigenvalue weighted by molar-refractivity contribution is -0.128. The van der Waals surface area contributed by atoms with Gasteiger partial charge in [-0.3, -0.25) is 15.0 Å². The molecular weight excluding hydrogens is 485 g/mol. The van der Waals surface area contributed by atoms with Crippen LogP contribution < -0.4 is 10.1 Å². The summed E-state index contributed by atoms with van der Waals surface area (Å²) in [6, 6.07) is 8.13. The summed E-state index contributed by atoms with van der Waals surface area (Å²) in [4.78, 5) is 26.8. The zero-order valence-electron chi connectivity index (χ0n) is 22.5. The summed E-state index contributed by atoms with van der Waals surface area (Å²) in [5.41, 5.74) is 2.46. The highest BCUT2D eigenvalue weighted by Crippen LogP contribution is 2.30. The quantitative estimate of drug-likeness (QED) is 0.304. The summed E-state index contributed by atoms with van der Waals surface area (Å²) < 4.78 is 20.2. The standard InChI is InChI=1S/C30H42FN3O4/c1-20-6-2-3-11-28(20)38-23-8-4-7-21(13-15-23)12-14-22(35)18-33-26-10-5-9-24(26)29(32)30(37)34-17-16-27(36)25(31)19-34/h2-3,6,11,21,23,25,27,32-33,36H,4-5,7-10,12-19H2,1H3/t21?,23?,25-,27+/m1/s1. The summed E-state index contributed by atoms with van der Waals surface area (Å²) in [6.07, 6.45) is 6.77. The number of likely N-dealkylation sites (tertiary alicyclic amines) is 1. The van der Waals surface area contributed by atoms with Gasteiger partial charge in [0.2, 0.25) is 0 Å². The molecule has 1 amide bonds. The third kappa shape index (κ3) is 7.43. The Morgan fingerprint density at radius 1 is 1.13 bits per heavy atom. The molecule has 38 heavy (non-hydrogen) atoms. The number of nitrogens with zero attached hydrogens (tertiary/aromatic N) is 1. The van der Waals surface area contributed by atoms with E-state index < -0.39 is 18.2 Å². The van der Waals surface area contributed by atoms with E-state index in [1.165, 1.54) is 4.90 Å². The number of alkyl halides is 1. The second-order valence-corrected chi connectivity index (χ2v) is 11.1. The number of carbonyl (C=O) groups excluding carboxylic acids is 2. The van der Waals surface area contributed by atoms with Crippen molar-refractivity contribution in [3.8, 4) is 5.75 Å². The molecule has 1 aromatic rings. The molecule has 4 rings (SSSR count). The van der Waals surface area contributed by atoms with Crippen molar-refractivity contribution in [3.63, 3.8) is 0 Å². The van der Waals surface area contributed by atoms with Crippen LogP contribution >= 0.6 is 0 Å². The van der Waals surface area contributed by atoms with Crippen LogP contribution in [0.4, 0.5) is 4.39 Å². The Bertz CT molecular complexity index is 1040. The molecule has 1 heterocycles. The van der Waals surface area contributed by atoms with Gasteiger partial charge in [-0.15, -0.1) is 0 Å². The first-order valence-corrected chi connectivity index (χ1v) is 14.2. The number of allylic oxidation sites excluding steroid dienone is 1. The van der Waals surface area contributed by atoms with Gasteiger partial charge in [0.1, 0.15) is 17.6 Å². The number of ketones is 1. The summed E-state index contributed by atoms with van der Waals surface area (Å²) >= 11 is 0. The molecule has 0 bridgehead atoms. The maximum Gasteiger partial charge on any atom is 0.272 e. The number of aliphatic hydroxyl groups excluding tert-OH is 1. The molecule has 1 aliphatic heterocycles. The van der Waals surface area contributed by atoms with E-state index >= 15 is 0 Å². The number of aryl methyl sites for hydroxylation is 1. The number of ether oxygens (including phenoxy) is 1. The van der Waals surface area contributed by atoms with Crippen LogP contribution in [0.5, 0.6) is 5.75 Å². The van der Waals surface area contributed by atoms with Gasteiger partial charge in [0.05, 0.1) is 25.3 Å². The number of hydrogen-bond donors (Lipinski definition) is 3. The van der Waals surface area contributed by atoms with Crippen molar-refractivity contribution in [3.05, 3.63) is 41.1 Å². The van der Waals surface area contributed by atoms with E-state index in [1.807, 2.05) is 18.2 Å². The Labute approximate surface area is 225 Å². The lowest BCUT2D eigenvalue weighted by Gasteiger charge is -2.32. The number of halogens is 1. The monoisotopic (exact) mass is 527 g/mol. The van der Waals surface area contributed by atoms with Crippen LogP contribution in [0.2, 0.25) is 0 Å². The topological polar surface area (TPSA) is 103 Å². The third-order valence-corrected chi connectivity index (χ3v) is 8.28. The number of benzene rings is 1. The van der Waals surface area contributed by atoms with Crippen molar-refractivity contribution >= 4 is 17.4 Å². The summed E-state index contributed by atoms with van der Waals surface area (Å²) in [5, 5.41) is 21.2. The lowest BCUT2D eigenvalue weighted by atomic mass is 9.94. The predicted molar refractivity (Wildman–Crippen MR) is 145 cm³/mol. The molecular formula is C30H42FN3O4. The number of Topliss-reactive ketones (excluding diaryl/α,β-unsaturated/α-hetero) is 1. The van der Waals surface area contributed by atoms with Crippen molar-refractivity contribution in [1.29, 1.82) is 5.41 Å². The minimum Gasteiger partial charge on any atom is -0.490 e. The number of piperidine rings is 1. The molecule has 2 fully saturated rings. The van der Waals surface area contributed by atoms with Gasteiger partial charge in [0.25, 0.3) is 5.91 Å². The number of rotatable bonds is 10. The van der Waals surface area contributed by atoms with Gasteiger partial charge >= 0.3 is 0 Å². The minimum atomic E-state index is -1.48. The first kappa shape index (κ1) is 28.3. The fourth-order valence-corrected chi connectivity index (χ4v) is 5.86. The molecule has 0 aromatic heterocycles. The average Bonchev–Trinajstić information content (AvgIpc) is 3.27. The maximum absolute atomic E-state index is 13.9. The number of aliphatic hydroxyl groups is 1. The van der Waals surface area contributed by atoms with E-state index in [2.05, 4.69) is 18.3 Å². The number of amides is 1. The number of carbonyl (C=O) groups is 2. The van der Waals surface area contributed by atoms with Gasteiger partial charge in [0.15, 0.2) is 5.78 Å². The van der Waals surface area contributed by atoms with Gasteiger partial charge in [-0.2, -0.15) is 0 Å². The molecule has 4 atom stereocenters. The minimum absolute atomic E-state index is 0.123. The van der Waals surface area contributed by atoms with Crippen molar-refractivity contribution in [2.24, 2.45) is 5.92 Å². The van der Waals surface area contributed by atoms with Gasteiger partial charge in [-0.25, -0.2) is 4.39 Å². The fourth-order valence-electron chi connectivity index (χ4n) is 5.86. The zero-order valence-corrected chi connectivity index (χ0v) is 22.5. The van der Waals surface area contributed by atoms with E-state index in [1.54, 1.807) is 0 Å². The van der Waals surface area contributed by atoms with E-state index in [4.69, 9.17) is 10.1 Å². The van der Waals surface area contributed by atoms with Crippen LogP contribution in [0, 0.1) is 18.3 Å². The van der Waals surface area contributed by atoms with Crippen LogP contribution in [0.25, 0.3) is 0 Å². The Morgan fingerprint density at radius 2 is 1.95 bits per heavy atom. The molecule has 1 saturated carbocycles. The van der Waals surface area contributed by atoms with Crippen molar-refractivity contribution in [1.82, 2.24) is 10.2 Å². The Morgan fingerprint density at radius 3 is 2.74 bits per heavy atom. The second-order valence-electron chi connectivity index (χ2n) is 11.1. The highest BCUT2D eigenvalue weighted by atomic mass is 19.1. The fraction of sp³-hybridized carbons (Fsp3) is 0.633. The van der Waals surface area contributed by atoms with E-state index in [0.29, 0.717) is 30.8 Å². The molecule has 7 nitrogen and oxygen atoms in total. The number of hydrogen-bond acceptors (Lipinski definition) is 6. The van der Waals surface area contributed by atoms with Crippen LogP contribution in [-0.4, -0.2) is 65.4 Å². The average molecular weight is 528 g/mol. The molecule has 0 spiro atoms. The van der Waals surface area contributed by atoms with Crippen molar-refractivity contribution in [2.45, 2.75) is 95.9 Å². The Kier molecular flexibility index (Phi) is 9.94.